The molecule has 0 amide bonds. The SMILES string of the molecule is Cc1c(/C=C/CN2CCN(c3cc(F)cc(F)c3)CC2)cnn1-c1c(Cl)cncc1Cl.Cl. The molecule has 1 saturated heterocycles. The molecule has 5 nitrogen and oxygen atoms in total. The van der Waals surface area contributed by atoms with Crippen molar-refractivity contribution < 1.29 is 8.78 Å². The van der Waals surface area contributed by atoms with E-state index in [2.05, 4.69) is 21.1 Å². The predicted octanol–water partition coefficient (Wildman–Crippen LogP) is 5.42. The molecule has 0 radical (unpaired) electrons. The average molecular weight is 501 g/mol. The average Bonchev–Trinajstić information content (AvgIpc) is 3.08. The van der Waals surface area contributed by atoms with Gasteiger partial charge in [-0.05, 0) is 19.1 Å². The Labute approximate surface area is 201 Å². The van der Waals surface area contributed by atoms with Crippen LogP contribution < -0.4 is 4.90 Å². The summed E-state index contributed by atoms with van der Waals surface area (Å²) < 4.78 is 28.6. The summed E-state index contributed by atoms with van der Waals surface area (Å²) in [6.07, 6.45) is 8.96. The second-order valence-electron chi connectivity index (χ2n) is 7.37. The molecule has 0 spiro atoms. The fourth-order valence-electron chi connectivity index (χ4n) is 3.66. The Bertz CT molecular complexity index is 1070. The maximum Gasteiger partial charge on any atom is 0.128 e. The topological polar surface area (TPSA) is 37.2 Å². The highest BCUT2D eigenvalue weighted by Gasteiger charge is 2.18. The van der Waals surface area contributed by atoms with Gasteiger partial charge < -0.3 is 4.90 Å². The van der Waals surface area contributed by atoms with Gasteiger partial charge in [0.2, 0.25) is 0 Å². The van der Waals surface area contributed by atoms with E-state index in [1.54, 1.807) is 10.9 Å². The second-order valence-corrected chi connectivity index (χ2v) is 8.18. The van der Waals surface area contributed by atoms with Gasteiger partial charge in [-0.1, -0.05) is 35.4 Å². The molecule has 0 aliphatic carbocycles. The summed E-state index contributed by atoms with van der Waals surface area (Å²) in [5.74, 6) is -1.10. The Kier molecular flexibility index (Phi) is 8.11. The molecule has 0 saturated carbocycles. The lowest BCUT2D eigenvalue weighted by atomic mass is 10.2. The smallest absolute Gasteiger partial charge is 0.128 e. The zero-order valence-electron chi connectivity index (χ0n) is 17.3. The summed E-state index contributed by atoms with van der Waals surface area (Å²) in [6, 6.07) is 3.64. The molecule has 0 N–H and O–H groups in total. The maximum atomic E-state index is 13.5. The van der Waals surface area contributed by atoms with E-state index in [4.69, 9.17) is 23.2 Å². The van der Waals surface area contributed by atoms with E-state index in [0.717, 1.165) is 37.0 Å². The van der Waals surface area contributed by atoms with Crippen LogP contribution in [0.3, 0.4) is 0 Å². The first-order valence-electron chi connectivity index (χ1n) is 9.86. The van der Waals surface area contributed by atoms with Crippen LogP contribution in [-0.2, 0) is 0 Å². The van der Waals surface area contributed by atoms with Crippen molar-refractivity contribution in [3.63, 3.8) is 0 Å². The summed E-state index contributed by atoms with van der Waals surface area (Å²) in [5, 5.41) is 5.29. The number of pyridine rings is 1. The van der Waals surface area contributed by atoms with Crippen molar-refractivity contribution >= 4 is 47.4 Å². The number of nitrogens with zero attached hydrogens (tertiary/aromatic N) is 5. The van der Waals surface area contributed by atoms with E-state index in [9.17, 15) is 8.78 Å². The van der Waals surface area contributed by atoms with Crippen LogP contribution in [0.5, 0.6) is 0 Å². The van der Waals surface area contributed by atoms with Crippen molar-refractivity contribution in [1.82, 2.24) is 19.7 Å². The first-order chi connectivity index (χ1) is 14.9. The largest absolute Gasteiger partial charge is 0.369 e. The molecular weight excluding hydrogens is 479 g/mol. The minimum atomic E-state index is -0.550. The van der Waals surface area contributed by atoms with Gasteiger partial charge in [-0.25, -0.2) is 13.5 Å². The van der Waals surface area contributed by atoms with Crippen molar-refractivity contribution in [1.29, 1.82) is 0 Å². The number of hydrogen-bond donors (Lipinski definition) is 0. The molecule has 170 valence electrons. The number of halogens is 5. The van der Waals surface area contributed by atoms with Crippen molar-refractivity contribution in [3.8, 4) is 5.69 Å². The van der Waals surface area contributed by atoms with Gasteiger partial charge in [0.25, 0.3) is 0 Å². The third kappa shape index (κ3) is 5.41. The molecule has 0 atom stereocenters. The molecule has 4 rings (SSSR count). The Balaban J connectivity index is 0.00000289. The van der Waals surface area contributed by atoms with Gasteiger partial charge in [-0.15, -0.1) is 12.4 Å². The van der Waals surface area contributed by atoms with Crippen LogP contribution >= 0.6 is 35.6 Å². The fraction of sp³-hybridized carbons (Fsp3) is 0.273. The number of hydrogen-bond acceptors (Lipinski definition) is 4. The van der Waals surface area contributed by atoms with Crippen LogP contribution in [0.4, 0.5) is 14.5 Å². The van der Waals surface area contributed by atoms with E-state index >= 15 is 0 Å². The van der Waals surface area contributed by atoms with Crippen LogP contribution in [0, 0.1) is 18.6 Å². The lowest BCUT2D eigenvalue weighted by Crippen LogP contribution is -2.46. The van der Waals surface area contributed by atoms with Crippen molar-refractivity contribution in [2.45, 2.75) is 6.92 Å². The summed E-state index contributed by atoms with van der Waals surface area (Å²) >= 11 is 12.5. The Morgan fingerprint density at radius 2 is 1.59 bits per heavy atom. The van der Waals surface area contributed by atoms with E-state index < -0.39 is 11.6 Å². The predicted molar refractivity (Wildman–Crippen MR) is 127 cm³/mol. The number of benzene rings is 1. The minimum Gasteiger partial charge on any atom is -0.369 e. The van der Waals surface area contributed by atoms with Crippen molar-refractivity contribution in [2.75, 3.05) is 37.6 Å². The summed E-state index contributed by atoms with van der Waals surface area (Å²) in [6.45, 7) is 5.77. The molecule has 2 aromatic heterocycles. The van der Waals surface area contributed by atoms with Gasteiger partial charge in [0.1, 0.15) is 17.3 Å². The monoisotopic (exact) mass is 499 g/mol. The molecule has 32 heavy (non-hydrogen) atoms. The highest BCUT2D eigenvalue weighted by molar-refractivity contribution is 6.37. The molecule has 0 unspecified atom stereocenters. The Morgan fingerprint density at radius 3 is 2.22 bits per heavy atom. The molecule has 3 heterocycles. The summed E-state index contributed by atoms with van der Waals surface area (Å²) in [4.78, 5) is 8.27. The van der Waals surface area contributed by atoms with Gasteiger partial charge >= 0.3 is 0 Å². The van der Waals surface area contributed by atoms with Gasteiger partial charge in [0.15, 0.2) is 0 Å². The third-order valence-electron chi connectivity index (χ3n) is 5.33. The zero-order valence-corrected chi connectivity index (χ0v) is 19.6. The lowest BCUT2D eigenvalue weighted by Gasteiger charge is -2.35. The van der Waals surface area contributed by atoms with Gasteiger partial charge in [-0.3, -0.25) is 9.88 Å². The lowest BCUT2D eigenvalue weighted by molar-refractivity contribution is 0.284. The normalized spacial score (nSPS) is 14.7. The maximum absolute atomic E-state index is 13.5. The number of aromatic nitrogens is 3. The number of rotatable bonds is 5. The third-order valence-corrected chi connectivity index (χ3v) is 5.89. The first-order valence-corrected chi connectivity index (χ1v) is 10.6. The van der Waals surface area contributed by atoms with Gasteiger partial charge in [0, 0.05) is 68.1 Å². The van der Waals surface area contributed by atoms with Crippen LogP contribution in [-0.4, -0.2) is 52.4 Å². The Morgan fingerprint density at radius 1 is 0.969 bits per heavy atom. The molecule has 1 aliphatic rings. The van der Waals surface area contributed by atoms with Crippen molar-refractivity contribution in [2.24, 2.45) is 0 Å². The highest BCUT2D eigenvalue weighted by Crippen LogP contribution is 2.28. The van der Waals surface area contributed by atoms with Gasteiger partial charge in [-0.2, -0.15) is 5.10 Å². The van der Waals surface area contributed by atoms with Gasteiger partial charge in [0.05, 0.1) is 16.2 Å². The fourth-order valence-corrected chi connectivity index (χ4v) is 4.18. The second kappa shape index (κ2) is 10.6. The van der Waals surface area contributed by atoms with Crippen LogP contribution in [0.1, 0.15) is 11.3 Å². The van der Waals surface area contributed by atoms with Crippen LogP contribution in [0.25, 0.3) is 11.8 Å². The quantitative estimate of drug-likeness (QED) is 0.469. The van der Waals surface area contributed by atoms with E-state index in [0.29, 0.717) is 34.5 Å². The summed E-state index contributed by atoms with van der Waals surface area (Å²) in [5.41, 5.74) is 3.09. The number of anilines is 1. The van der Waals surface area contributed by atoms with Crippen molar-refractivity contribution in [3.05, 3.63) is 75.8 Å². The van der Waals surface area contributed by atoms with Crippen LogP contribution in [0.2, 0.25) is 10.0 Å². The molecule has 1 fully saturated rings. The summed E-state index contributed by atoms with van der Waals surface area (Å²) in [7, 11) is 0. The number of piperazine rings is 1. The molecular formula is C22H22Cl3F2N5. The molecule has 10 heteroatoms. The minimum absolute atomic E-state index is 0. The zero-order chi connectivity index (χ0) is 22.0. The van der Waals surface area contributed by atoms with E-state index in [1.807, 2.05) is 17.9 Å². The molecule has 1 aliphatic heterocycles. The molecule has 3 aromatic rings. The van der Waals surface area contributed by atoms with E-state index in [-0.39, 0.29) is 12.4 Å². The van der Waals surface area contributed by atoms with Crippen LogP contribution in [0.15, 0.2) is 42.9 Å². The highest BCUT2D eigenvalue weighted by atomic mass is 35.5. The molecule has 1 aromatic carbocycles. The Hall–Kier alpha value is -2.19. The first kappa shape index (κ1) is 24.5. The standard InChI is InChI=1S/C22H21Cl2F2N5.ClH/c1-15-16(12-28-31(15)22-20(23)13-27-14-21(22)24)3-2-4-29-5-7-30(8-6-29)19-10-17(25)9-18(26)11-19;/h2-3,9-14H,4-8H2,1H3;1H/b3-2+;. The van der Waals surface area contributed by atoms with E-state index in [1.165, 1.54) is 24.5 Å². The molecule has 0 bridgehead atoms.